The van der Waals surface area contributed by atoms with Crippen molar-refractivity contribution in [1.82, 2.24) is 4.37 Å². The highest BCUT2D eigenvalue weighted by Crippen LogP contribution is 2.43. The fourth-order valence-electron chi connectivity index (χ4n) is 3.58. The van der Waals surface area contributed by atoms with Crippen molar-refractivity contribution in [2.24, 2.45) is 0 Å². The first kappa shape index (κ1) is 26.5. The number of benzene rings is 2. The number of aromatic nitrogens is 1. The molecule has 1 N–H and O–H groups in total. The van der Waals surface area contributed by atoms with Gasteiger partial charge in [0, 0.05) is 17.5 Å². The van der Waals surface area contributed by atoms with E-state index in [9.17, 15) is 31.1 Å². The molecule has 188 valence electrons. The van der Waals surface area contributed by atoms with Crippen molar-refractivity contribution in [3.8, 4) is 17.0 Å². The third-order valence-corrected chi connectivity index (χ3v) is 6.24. The number of carboxylic acid groups (broad SMARTS) is 1. The fraction of sp³-hybridized carbons (Fsp3) is 0.333. The van der Waals surface area contributed by atoms with Crippen molar-refractivity contribution in [3.63, 3.8) is 0 Å². The van der Waals surface area contributed by atoms with E-state index in [1.807, 2.05) is 6.92 Å². The number of alkyl halides is 6. The van der Waals surface area contributed by atoms with Gasteiger partial charge in [0.2, 0.25) is 0 Å². The molecule has 35 heavy (non-hydrogen) atoms. The molecule has 0 saturated carbocycles. The molecule has 0 unspecified atom stereocenters. The van der Waals surface area contributed by atoms with E-state index < -0.39 is 41.1 Å². The number of nitrogens with zero attached hydrogens (tertiary/aromatic N) is 1. The van der Waals surface area contributed by atoms with E-state index in [-0.39, 0.29) is 46.8 Å². The minimum absolute atomic E-state index is 0.00531. The van der Waals surface area contributed by atoms with Crippen LogP contribution < -0.4 is 4.74 Å². The van der Waals surface area contributed by atoms with Crippen molar-refractivity contribution in [2.45, 2.75) is 52.1 Å². The summed E-state index contributed by atoms with van der Waals surface area (Å²) >= 11 is 0.216. The van der Waals surface area contributed by atoms with Crippen LogP contribution in [0.3, 0.4) is 0 Å². The smallest absolute Gasteiger partial charge is 0.427 e. The van der Waals surface area contributed by atoms with Gasteiger partial charge < -0.3 is 9.84 Å². The summed E-state index contributed by atoms with van der Waals surface area (Å²) in [6.45, 7) is 2.47. The third-order valence-electron chi connectivity index (χ3n) is 5.31. The molecule has 4 nitrogen and oxygen atoms in total. The van der Waals surface area contributed by atoms with Gasteiger partial charge in [0.05, 0.1) is 11.3 Å². The number of aryl methyl sites for hydroxylation is 3. The molecule has 0 spiro atoms. The van der Waals surface area contributed by atoms with Gasteiger partial charge in [-0.05, 0) is 54.1 Å². The molecule has 2 aromatic carbocycles. The average molecular weight is 517 g/mol. The zero-order valence-corrected chi connectivity index (χ0v) is 19.5. The first-order valence-electron chi connectivity index (χ1n) is 10.5. The Labute approximate surface area is 201 Å². The van der Waals surface area contributed by atoms with Crippen molar-refractivity contribution in [3.05, 3.63) is 69.1 Å². The fourth-order valence-corrected chi connectivity index (χ4v) is 4.35. The van der Waals surface area contributed by atoms with Gasteiger partial charge in [-0.1, -0.05) is 37.3 Å². The highest BCUT2D eigenvalue weighted by Gasteiger charge is 2.39. The first-order valence-corrected chi connectivity index (χ1v) is 11.3. The van der Waals surface area contributed by atoms with Crippen LogP contribution in [0.4, 0.5) is 26.3 Å². The van der Waals surface area contributed by atoms with Crippen molar-refractivity contribution in [1.29, 1.82) is 0 Å². The summed E-state index contributed by atoms with van der Waals surface area (Å²) in [7, 11) is 0. The Kier molecular flexibility index (Phi) is 7.78. The minimum atomic E-state index is -4.86. The Morgan fingerprint density at radius 3 is 2.23 bits per heavy atom. The van der Waals surface area contributed by atoms with Gasteiger partial charge in [-0.15, -0.1) is 0 Å². The normalized spacial score (nSPS) is 12.1. The molecule has 0 fully saturated rings. The SMILES string of the molecule is CCc1ccc(-c2nsc(C(F)(F)F)c2COc2c(C)cc(CCC(=O)O)cc2C(F)(F)F)cc1. The van der Waals surface area contributed by atoms with Crippen LogP contribution in [0.15, 0.2) is 36.4 Å². The molecule has 0 radical (unpaired) electrons. The molecule has 0 atom stereocenters. The number of halogens is 6. The second-order valence-electron chi connectivity index (χ2n) is 7.86. The Hall–Kier alpha value is -3.08. The summed E-state index contributed by atoms with van der Waals surface area (Å²) in [5.41, 5.74) is -0.0113. The topological polar surface area (TPSA) is 59.4 Å². The quantitative estimate of drug-likeness (QED) is 0.318. The summed E-state index contributed by atoms with van der Waals surface area (Å²) in [4.78, 5) is 9.75. The molecule has 1 aromatic heterocycles. The molecule has 11 heteroatoms. The Balaban J connectivity index is 2.02. The van der Waals surface area contributed by atoms with Gasteiger partial charge in [-0.2, -0.15) is 30.7 Å². The second-order valence-corrected chi connectivity index (χ2v) is 8.63. The van der Waals surface area contributed by atoms with E-state index in [1.54, 1.807) is 24.3 Å². The lowest BCUT2D eigenvalue weighted by molar-refractivity contribution is -0.139. The molecule has 3 rings (SSSR count). The average Bonchev–Trinajstić information content (AvgIpc) is 3.20. The molecule has 0 aliphatic heterocycles. The zero-order chi connectivity index (χ0) is 26.0. The van der Waals surface area contributed by atoms with Crippen LogP contribution in [-0.2, 0) is 36.6 Å². The van der Waals surface area contributed by atoms with Crippen molar-refractivity contribution < 1.29 is 41.0 Å². The van der Waals surface area contributed by atoms with Gasteiger partial charge in [-0.3, -0.25) is 4.79 Å². The molecule has 0 amide bonds. The maximum atomic E-state index is 13.8. The number of hydrogen-bond acceptors (Lipinski definition) is 4. The van der Waals surface area contributed by atoms with E-state index in [1.165, 1.54) is 13.0 Å². The lowest BCUT2D eigenvalue weighted by atomic mass is 10.0. The van der Waals surface area contributed by atoms with Crippen LogP contribution in [0.5, 0.6) is 5.75 Å². The van der Waals surface area contributed by atoms with Gasteiger partial charge in [0.25, 0.3) is 0 Å². The van der Waals surface area contributed by atoms with E-state index in [2.05, 4.69) is 4.37 Å². The van der Waals surface area contributed by atoms with Gasteiger partial charge >= 0.3 is 18.3 Å². The van der Waals surface area contributed by atoms with Crippen LogP contribution in [0, 0.1) is 6.92 Å². The Morgan fingerprint density at radius 2 is 1.69 bits per heavy atom. The zero-order valence-electron chi connectivity index (χ0n) is 18.7. The van der Waals surface area contributed by atoms with Gasteiger partial charge in [0.15, 0.2) is 0 Å². The maximum Gasteiger partial charge on any atom is 0.427 e. The van der Waals surface area contributed by atoms with Crippen LogP contribution in [0.1, 0.15) is 46.0 Å². The standard InChI is InChI=1S/C24H21F6NO3S/c1-3-14-4-7-16(8-5-14)20-17(22(35-31-20)24(28,29)30)12-34-21-13(2)10-15(6-9-19(32)33)11-18(21)23(25,26)27/h4-5,7-8,10-11H,3,6,9,12H2,1-2H3,(H,32,33). The van der Waals surface area contributed by atoms with Crippen molar-refractivity contribution in [2.75, 3.05) is 0 Å². The van der Waals surface area contributed by atoms with E-state index in [4.69, 9.17) is 9.84 Å². The summed E-state index contributed by atoms with van der Waals surface area (Å²) in [6, 6.07) is 8.83. The number of hydrogen-bond donors (Lipinski definition) is 1. The molecule has 0 saturated heterocycles. The molecule has 1 heterocycles. The minimum Gasteiger partial charge on any atom is -0.488 e. The van der Waals surface area contributed by atoms with Crippen molar-refractivity contribution >= 4 is 17.5 Å². The van der Waals surface area contributed by atoms with Crippen LogP contribution in [0.2, 0.25) is 0 Å². The summed E-state index contributed by atoms with van der Waals surface area (Å²) in [6.07, 6.45) is -9.40. The van der Waals surface area contributed by atoms with Gasteiger partial charge in [0.1, 0.15) is 17.2 Å². The van der Waals surface area contributed by atoms with Gasteiger partial charge in [-0.25, -0.2) is 0 Å². The second kappa shape index (κ2) is 10.3. The summed E-state index contributed by atoms with van der Waals surface area (Å²) in [5.74, 6) is -1.77. The number of carboxylic acids is 1. The number of ether oxygens (including phenoxy) is 1. The number of aliphatic carboxylic acids is 1. The highest BCUT2D eigenvalue weighted by atomic mass is 32.1. The number of rotatable bonds is 8. The van der Waals surface area contributed by atoms with Crippen LogP contribution in [-0.4, -0.2) is 15.4 Å². The molecule has 3 aromatic rings. The third kappa shape index (κ3) is 6.33. The Morgan fingerprint density at radius 1 is 1.03 bits per heavy atom. The van der Waals surface area contributed by atoms with Crippen LogP contribution in [0.25, 0.3) is 11.3 Å². The molecule has 0 aliphatic carbocycles. The molecular formula is C24H21F6NO3S. The highest BCUT2D eigenvalue weighted by molar-refractivity contribution is 7.06. The van der Waals surface area contributed by atoms with E-state index in [0.717, 1.165) is 18.1 Å². The largest absolute Gasteiger partial charge is 0.488 e. The predicted molar refractivity (Wildman–Crippen MR) is 118 cm³/mol. The lowest BCUT2D eigenvalue weighted by Crippen LogP contribution is -2.13. The molecular weight excluding hydrogens is 496 g/mol. The predicted octanol–water partition coefficient (Wildman–Crippen LogP) is 7.31. The summed E-state index contributed by atoms with van der Waals surface area (Å²) < 4.78 is 91.6. The van der Waals surface area contributed by atoms with E-state index in [0.29, 0.717) is 5.56 Å². The molecule has 0 aliphatic rings. The lowest BCUT2D eigenvalue weighted by Gasteiger charge is -2.19. The molecule has 0 bridgehead atoms. The number of carbonyl (C=O) groups is 1. The Bertz CT molecular complexity index is 1200. The monoisotopic (exact) mass is 517 g/mol. The van der Waals surface area contributed by atoms with Crippen LogP contribution >= 0.6 is 11.5 Å². The van der Waals surface area contributed by atoms with E-state index >= 15 is 0 Å². The summed E-state index contributed by atoms with van der Waals surface area (Å²) in [5, 5.41) is 8.81. The first-order chi connectivity index (χ1) is 16.3. The maximum absolute atomic E-state index is 13.8.